The van der Waals surface area contributed by atoms with Gasteiger partial charge >= 0.3 is 0 Å². The molecule has 3 aromatic rings. The first-order valence-corrected chi connectivity index (χ1v) is 8.14. The van der Waals surface area contributed by atoms with E-state index in [1.807, 2.05) is 60.7 Å². The van der Waals surface area contributed by atoms with Crippen LogP contribution in [0.2, 0.25) is 0 Å². The average molecular weight is 336 g/mol. The van der Waals surface area contributed by atoms with Gasteiger partial charge in [0.05, 0.1) is 24.0 Å². The van der Waals surface area contributed by atoms with E-state index in [2.05, 4.69) is 15.5 Å². The molecule has 0 aliphatic heterocycles. The number of aliphatic hydroxyl groups is 1. The second-order valence-corrected chi connectivity index (χ2v) is 5.87. The summed E-state index contributed by atoms with van der Waals surface area (Å²) in [4.78, 5) is 13.7. The zero-order chi connectivity index (χ0) is 17.6. The number of hydrogen-bond donors (Lipinski definition) is 2. The van der Waals surface area contributed by atoms with Crippen molar-refractivity contribution in [3.05, 3.63) is 78.1 Å². The van der Waals surface area contributed by atoms with Gasteiger partial charge in [0.1, 0.15) is 0 Å². The average Bonchev–Trinajstić information content (AvgIpc) is 3.13. The summed E-state index contributed by atoms with van der Waals surface area (Å²) in [5.74, 6) is -0.359. The van der Waals surface area contributed by atoms with Crippen LogP contribution in [0, 0.1) is 0 Å². The van der Waals surface area contributed by atoms with Gasteiger partial charge in [-0.25, -0.2) is 0 Å². The number of carbonyl (C=O) groups excluding carboxylic acids is 1. The van der Waals surface area contributed by atoms with Gasteiger partial charge in [0, 0.05) is 6.42 Å². The van der Waals surface area contributed by atoms with Crippen LogP contribution in [-0.4, -0.2) is 38.2 Å². The fourth-order valence-corrected chi connectivity index (χ4v) is 2.46. The molecule has 6 nitrogen and oxygen atoms in total. The van der Waals surface area contributed by atoms with Gasteiger partial charge in [0.15, 0.2) is 5.69 Å². The lowest BCUT2D eigenvalue weighted by molar-refractivity contribution is 0.0846. The predicted molar refractivity (Wildman–Crippen MR) is 94.4 cm³/mol. The molecule has 0 aliphatic carbocycles. The summed E-state index contributed by atoms with van der Waals surface area (Å²) in [6.07, 6.45) is 1.20. The Hall–Kier alpha value is -2.99. The van der Waals surface area contributed by atoms with Gasteiger partial charge in [-0.15, -0.1) is 5.10 Å². The maximum atomic E-state index is 12.3. The standard InChI is InChI=1S/C19H20N4O2/c1-14(18(24)12-15-8-4-2-5-9-15)21-19(25)17-13-20-23(22-17)16-10-6-3-7-11-16/h2-11,13-14,18,24H,12H2,1H3,(H,21,25). The number of benzene rings is 2. The number of aromatic nitrogens is 3. The molecule has 25 heavy (non-hydrogen) atoms. The van der Waals surface area contributed by atoms with Gasteiger partial charge in [-0.3, -0.25) is 4.79 Å². The summed E-state index contributed by atoms with van der Waals surface area (Å²) in [6, 6.07) is 18.6. The highest BCUT2D eigenvalue weighted by molar-refractivity contribution is 5.92. The Kier molecular flexibility index (Phi) is 5.20. The summed E-state index contributed by atoms with van der Waals surface area (Å²) in [7, 11) is 0. The van der Waals surface area contributed by atoms with E-state index in [1.165, 1.54) is 11.0 Å². The van der Waals surface area contributed by atoms with Crippen molar-refractivity contribution in [2.75, 3.05) is 0 Å². The molecular weight excluding hydrogens is 316 g/mol. The van der Waals surface area contributed by atoms with E-state index in [-0.39, 0.29) is 11.6 Å². The SMILES string of the molecule is CC(NC(=O)c1cnn(-c2ccccc2)n1)C(O)Cc1ccccc1. The molecule has 1 amide bonds. The predicted octanol–water partition coefficient (Wildman–Crippen LogP) is 1.99. The molecule has 2 unspecified atom stereocenters. The Morgan fingerprint density at radius 3 is 2.44 bits per heavy atom. The van der Waals surface area contributed by atoms with Gasteiger partial charge < -0.3 is 10.4 Å². The van der Waals surface area contributed by atoms with E-state index in [4.69, 9.17) is 0 Å². The fourth-order valence-electron chi connectivity index (χ4n) is 2.46. The van der Waals surface area contributed by atoms with Crippen LogP contribution in [0.5, 0.6) is 0 Å². The first-order valence-electron chi connectivity index (χ1n) is 8.14. The molecule has 3 rings (SSSR count). The molecule has 6 heteroatoms. The topological polar surface area (TPSA) is 80.0 Å². The summed E-state index contributed by atoms with van der Waals surface area (Å²) in [5, 5.41) is 21.4. The van der Waals surface area contributed by atoms with E-state index in [9.17, 15) is 9.90 Å². The normalized spacial score (nSPS) is 13.2. The quantitative estimate of drug-likeness (QED) is 0.721. The van der Waals surface area contributed by atoms with Crippen LogP contribution in [0.15, 0.2) is 66.9 Å². The van der Waals surface area contributed by atoms with Crippen LogP contribution in [0.25, 0.3) is 5.69 Å². The van der Waals surface area contributed by atoms with Crippen molar-refractivity contribution in [1.82, 2.24) is 20.3 Å². The number of nitrogens with zero attached hydrogens (tertiary/aromatic N) is 3. The monoisotopic (exact) mass is 336 g/mol. The fraction of sp³-hybridized carbons (Fsp3) is 0.211. The van der Waals surface area contributed by atoms with Gasteiger partial charge in [-0.05, 0) is 24.6 Å². The van der Waals surface area contributed by atoms with Crippen molar-refractivity contribution in [3.8, 4) is 5.69 Å². The van der Waals surface area contributed by atoms with E-state index in [0.29, 0.717) is 6.42 Å². The summed E-state index contributed by atoms with van der Waals surface area (Å²) in [6.45, 7) is 1.77. The molecule has 0 aliphatic rings. The Morgan fingerprint density at radius 1 is 1.12 bits per heavy atom. The Bertz CT molecular complexity index is 818. The number of para-hydroxylation sites is 1. The van der Waals surface area contributed by atoms with Gasteiger partial charge in [0.2, 0.25) is 0 Å². The third-order valence-corrected chi connectivity index (χ3v) is 3.94. The summed E-state index contributed by atoms with van der Waals surface area (Å²) in [5.41, 5.74) is 2.01. The second kappa shape index (κ2) is 7.72. The summed E-state index contributed by atoms with van der Waals surface area (Å²) >= 11 is 0. The molecule has 128 valence electrons. The lowest BCUT2D eigenvalue weighted by Gasteiger charge is -2.19. The molecule has 2 aromatic carbocycles. The van der Waals surface area contributed by atoms with Crippen molar-refractivity contribution in [3.63, 3.8) is 0 Å². The highest BCUT2D eigenvalue weighted by atomic mass is 16.3. The number of nitrogens with one attached hydrogen (secondary N) is 1. The van der Waals surface area contributed by atoms with Crippen molar-refractivity contribution >= 4 is 5.91 Å². The first kappa shape index (κ1) is 16.9. The third-order valence-electron chi connectivity index (χ3n) is 3.94. The highest BCUT2D eigenvalue weighted by Crippen LogP contribution is 2.08. The molecule has 2 N–H and O–H groups in total. The van der Waals surface area contributed by atoms with Gasteiger partial charge in [-0.2, -0.15) is 9.90 Å². The Morgan fingerprint density at radius 2 is 1.76 bits per heavy atom. The van der Waals surface area contributed by atoms with Crippen molar-refractivity contribution in [2.24, 2.45) is 0 Å². The molecule has 0 bridgehead atoms. The van der Waals surface area contributed by atoms with E-state index in [0.717, 1.165) is 11.3 Å². The van der Waals surface area contributed by atoms with Crippen LogP contribution >= 0.6 is 0 Å². The van der Waals surface area contributed by atoms with E-state index in [1.54, 1.807) is 6.92 Å². The zero-order valence-corrected chi connectivity index (χ0v) is 13.9. The molecule has 2 atom stereocenters. The molecule has 0 spiro atoms. The molecule has 0 radical (unpaired) electrons. The summed E-state index contributed by atoms with van der Waals surface area (Å²) < 4.78 is 0. The molecular formula is C19H20N4O2. The number of hydrogen-bond acceptors (Lipinski definition) is 4. The zero-order valence-electron chi connectivity index (χ0n) is 13.9. The molecule has 0 fully saturated rings. The largest absolute Gasteiger partial charge is 0.391 e. The number of aliphatic hydroxyl groups excluding tert-OH is 1. The van der Waals surface area contributed by atoms with Crippen molar-refractivity contribution < 1.29 is 9.90 Å². The first-order chi connectivity index (χ1) is 12.1. The smallest absolute Gasteiger partial charge is 0.273 e. The van der Waals surface area contributed by atoms with Crippen LogP contribution in [0.4, 0.5) is 0 Å². The lowest BCUT2D eigenvalue weighted by atomic mass is 10.0. The van der Waals surface area contributed by atoms with E-state index >= 15 is 0 Å². The van der Waals surface area contributed by atoms with Crippen LogP contribution in [0.3, 0.4) is 0 Å². The van der Waals surface area contributed by atoms with Crippen molar-refractivity contribution in [2.45, 2.75) is 25.5 Å². The Labute approximate surface area is 146 Å². The molecule has 0 saturated heterocycles. The van der Waals surface area contributed by atoms with Gasteiger partial charge in [0.25, 0.3) is 5.91 Å². The van der Waals surface area contributed by atoms with Crippen LogP contribution < -0.4 is 5.32 Å². The minimum absolute atomic E-state index is 0.211. The van der Waals surface area contributed by atoms with Crippen molar-refractivity contribution in [1.29, 1.82) is 0 Å². The number of rotatable bonds is 6. The maximum absolute atomic E-state index is 12.3. The number of amides is 1. The third kappa shape index (κ3) is 4.30. The van der Waals surface area contributed by atoms with Crippen LogP contribution in [0.1, 0.15) is 23.0 Å². The maximum Gasteiger partial charge on any atom is 0.273 e. The molecule has 1 aromatic heterocycles. The van der Waals surface area contributed by atoms with Crippen LogP contribution in [-0.2, 0) is 6.42 Å². The number of carbonyl (C=O) groups is 1. The van der Waals surface area contributed by atoms with Gasteiger partial charge in [-0.1, -0.05) is 48.5 Å². The minimum atomic E-state index is -0.685. The Balaban J connectivity index is 1.61. The van der Waals surface area contributed by atoms with E-state index < -0.39 is 12.1 Å². The highest BCUT2D eigenvalue weighted by Gasteiger charge is 2.19. The minimum Gasteiger partial charge on any atom is -0.391 e. The molecule has 0 saturated carbocycles. The second-order valence-electron chi connectivity index (χ2n) is 5.87. The molecule has 1 heterocycles. The lowest BCUT2D eigenvalue weighted by Crippen LogP contribution is -2.42.